The number of aryl methyl sites for hydroxylation is 1. The highest BCUT2D eigenvalue weighted by Gasteiger charge is 2.03. The van der Waals surface area contributed by atoms with Crippen molar-refractivity contribution in [2.24, 2.45) is 0 Å². The molecule has 0 saturated carbocycles. The number of carbonyl (C=O) groups excluding carboxylic acids is 1. The Morgan fingerprint density at radius 2 is 2.00 bits per heavy atom. The molecule has 2 aromatic carbocycles. The SMILES string of the molecule is Cc1cccc(CSCCC(=O)Nc2cccc(N)c2)c1. The molecule has 0 aliphatic heterocycles. The Bertz CT molecular complexity index is 613. The molecule has 0 aliphatic rings. The summed E-state index contributed by atoms with van der Waals surface area (Å²) in [5.41, 5.74) is 9.66. The zero-order chi connectivity index (χ0) is 15.1. The summed E-state index contributed by atoms with van der Waals surface area (Å²) in [6, 6.07) is 15.7. The fourth-order valence-electron chi connectivity index (χ4n) is 2.00. The van der Waals surface area contributed by atoms with Crippen LogP contribution in [0, 0.1) is 6.92 Å². The summed E-state index contributed by atoms with van der Waals surface area (Å²) in [6.45, 7) is 2.09. The van der Waals surface area contributed by atoms with Gasteiger partial charge in [0, 0.05) is 29.3 Å². The number of hydrogen-bond acceptors (Lipinski definition) is 3. The lowest BCUT2D eigenvalue weighted by Gasteiger charge is -2.06. The maximum Gasteiger partial charge on any atom is 0.225 e. The number of rotatable bonds is 6. The molecule has 3 nitrogen and oxygen atoms in total. The first kappa shape index (κ1) is 15.4. The van der Waals surface area contributed by atoms with Crippen molar-refractivity contribution in [3.63, 3.8) is 0 Å². The van der Waals surface area contributed by atoms with Gasteiger partial charge < -0.3 is 11.1 Å². The van der Waals surface area contributed by atoms with E-state index in [1.54, 1.807) is 23.9 Å². The minimum atomic E-state index is 0.0253. The molecule has 2 aromatic rings. The lowest BCUT2D eigenvalue weighted by Crippen LogP contribution is -2.12. The van der Waals surface area contributed by atoms with Crippen molar-refractivity contribution in [1.82, 2.24) is 0 Å². The second-order valence-electron chi connectivity index (χ2n) is 4.97. The number of nitrogens with one attached hydrogen (secondary N) is 1. The van der Waals surface area contributed by atoms with E-state index in [-0.39, 0.29) is 5.91 Å². The smallest absolute Gasteiger partial charge is 0.225 e. The average molecular weight is 300 g/mol. The molecular formula is C17H20N2OS. The van der Waals surface area contributed by atoms with Gasteiger partial charge in [0.1, 0.15) is 0 Å². The number of anilines is 2. The third kappa shape index (κ3) is 5.52. The quantitative estimate of drug-likeness (QED) is 0.629. The number of hydrogen-bond donors (Lipinski definition) is 2. The van der Waals surface area contributed by atoms with Crippen LogP contribution >= 0.6 is 11.8 Å². The van der Waals surface area contributed by atoms with E-state index in [1.165, 1.54) is 11.1 Å². The van der Waals surface area contributed by atoms with E-state index in [0.717, 1.165) is 17.2 Å². The van der Waals surface area contributed by atoms with Gasteiger partial charge >= 0.3 is 0 Å². The van der Waals surface area contributed by atoms with Crippen molar-refractivity contribution in [3.8, 4) is 0 Å². The molecule has 110 valence electrons. The van der Waals surface area contributed by atoms with Crippen LogP contribution in [0.15, 0.2) is 48.5 Å². The van der Waals surface area contributed by atoms with Crippen LogP contribution in [-0.4, -0.2) is 11.7 Å². The van der Waals surface area contributed by atoms with Crippen LogP contribution in [0.3, 0.4) is 0 Å². The second-order valence-corrected chi connectivity index (χ2v) is 6.07. The molecule has 0 bridgehead atoms. The maximum absolute atomic E-state index is 11.8. The molecule has 0 atom stereocenters. The van der Waals surface area contributed by atoms with E-state index in [9.17, 15) is 4.79 Å². The summed E-state index contributed by atoms with van der Waals surface area (Å²) in [5.74, 6) is 1.77. The van der Waals surface area contributed by atoms with Gasteiger partial charge in [-0.15, -0.1) is 0 Å². The monoisotopic (exact) mass is 300 g/mol. The highest BCUT2D eigenvalue weighted by Crippen LogP contribution is 2.16. The zero-order valence-corrected chi connectivity index (χ0v) is 13.0. The molecule has 0 saturated heterocycles. The van der Waals surface area contributed by atoms with E-state index in [0.29, 0.717) is 12.1 Å². The summed E-state index contributed by atoms with van der Waals surface area (Å²) < 4.78 is 0. The molecular weight excluding hydrogens is 280 g/mol. The molecule has 4 heteroatoms. The third-order valence-corrected chi connectivity index (χ3v) is 4.03. The first-order valence-corrected chi connectivity index (χ1v) is 8.07. The summed E-state index contributed by atoms with van der Waals surface area (Å²) >= 11 is 1.77. The predicted molar refractivity (Wildman–Crippen MR) is 91.4 cm³/mol. The Balaban J connectivity index is 1.70. The van der Waals surface area contributed by atoms with E-state index >= 15 is 0 Å². The first-order valence-electron chi connectivity index (χ1n) is 6.92. The highest BCUT2D eigenvalue weighted by molar-refractivity contribution is 7.98. The first-order chi connectivity index (χ1) is 10.1. The van der Waals surface area contributed by atoms with Gasteiger partial charge in [0.05, 0.1) is 0 Å². The van der Waals surface area contributed by atoms with Gasteiger partial charge in [0.15, 0.2) is 0 Å². The van der Waals surface area contributed by atoms with Crippen molar-refractivity contribution in [3.05, 3.63) is 59.7 Å². The second kappa shape index (κ2) is 7.74. The van der Waals surface area contributed by atoms with Gasteiger partial charge in [0.2, 0.25) is 5.91 Å². The van der Waals surface area contributed by atoms with Crippen LogP contribution in [0.2, 0.25) is 0 Å². The lowest BCUT2D eigenvalue weighted by atomic mass is 10.2. The predicted octanol–water partition coefficient (Wildman–Crippen LogP) is 3.84. The Kier molecular flexibility index (Phi) is 5.69. The fraction of sp³-hybridized carbons (Fsp3) is 0.235. The number of carbonyl (C=O) groups is 1. The van der Waals surface area contributed by atoms with Crippen LogP contribution < -0.4 is 11.1 Å². The Labute approximate surface area is 129 Å². The number of amides is 1. The maximum atomic E-state index is 11.8. The van der Waals surface area contributed by atoms with Crippen LogP contribution in [-0.2, 0) is 10.5 Å². The van der Waals surface area contributed by atoms with Gasteiger partial charge in [-0.25, -0.2) is 0 Å². The van der Waals surface area contributed by atoms with E-state index in [1.807, 2.05) is 12.1 Å². The largest absolute Gasteiger partial charge is 0.399 e. The standard InChI is InChI=1S/C17H20N2OS/c1-13-4-2-5-14(10-13)12-21-9-8-17(20)19-16-7-3-6-15(18)11-16/h2-7,10-11H,8-9,12,18H2,1H3,(H,19,20). The number of thioether (sulfide) groups is 1. The van der Waals surface area contributed by atoms with Gasteiger partial charge in [-0.3, -0.25) is 4.79 Å². The van der Waals surface area contributed by atoms with Crippen LogP contribution in [0.25, 0.3) is 0 Å². The molecule has 21 heavy (non-hydrogen) atoms. The van der Waals surface area contributed by atoms with E-state index < -0.39 is 0 Å². The van der Waals surface area contributed by atoms with Gasteiger partial charge in [-0.1, -0.05) is 35.9 Å². The van der Waals surface area contributed by atoms with E-state index in [2.05, 4.69) is 36.5 Å². The Hall–Kier alpha value is -1.94. The molecule has 0 radical (unpaired) electrons. The van der Waals surface area contributed by atoms with Crippen molar-refractivity contribution in [1.29, 1.82) is 0 Å². The van der Waals surface area contributed by atoms with Crippen molar-refractivity contribution in [2.45, 2.75) is 19.1 Å². The summed E-state index contributed by atoms with van der Waals surface area (Å²) in [7, 11) is 0. The average Bonchev–Trinajstić information content (AvgIpc) is 2.44. The minimum Gasteiger partial charge on any atom is -0.399 e. The van der Waals surface area contributed by atoms with Crippen molar-refractivity contribution < 1.29 is 4.79 Å². The molecule has 0 heterocycles. The van der Waals surface area contributed by atoms with Gasteiger partial charge in [-0.2, -0.15) is 11.8 Å². The fourth-order valence-corrected chi connectivity index (χ4v) is 2.89. The molecule has 0 spiro atoms. The van der Waals surface area contributed by atoms with Crippen molar-refractivity contribution in [2.75, 3.05) is 16.8 Å². The van der Waals surface area contributed by atoms with Gasteiger partial charge in [-0.05, 0) is 30.7 Å². The van der Waals surface area contributed by atoms with E-state index in [4.69, 9.17) is 5.73 Å². The number of nitrogens with two attached hydrogens (primary N) is 1. The molecule has 3 N–H and O–H groups in total. The lowest BCUT2D eigenvalue weighted by molar-refractivity contribution is -0.115. The van der Waals surface area contributed by atoms with Crippen molar-refractivity contribution >= 4 is 29.0 Å². The molecule has 0 fully saturated rings. The summed E-state index contributed by atoms with van der Waals surface area (Å²) in [6.07, 6.45) is 0.505. The summed E-state index contributed by atoms with van der Waals surface area (Å²) in [4.78, 5) is 11.8. The topological polar surface area (TPSA) is 55.1 Å². The number of benzene rings is 2. The Morgan fingerprint density at radius 3 is 2.76 bits per heavy atom. The zero-order valence-electron chi connectivity index (χ0n) is 12.1. The molecule has 0 aliphatic carbocycles. The third-order valence-electron chi connectivity index (χ3n) is 3.00. The normalized spacial score (nSPS) is 10.3. The van der Waals surface area contributed by atoms with Gasteiger partial charge in [0.25, 0.3) is 0 Å². The molecule has 1 amide bonds. The molecule has 0 unspecified atom stereocenters. The van der Waals surface area contributed by atoms with Crippen LogP contribution in [0.1, 0.15) is 17.5 Å². The summed E-state index contributed by atoms with van der Waals surface area (Å²) in [5, 5.41) is 2.86. The highest BCUT2D eigenvalue weighted by atomic mass is 32.2. The van der Waals surface area contributed by atoms with Crippen LogP contribution in [0.5, 0.6) is 0 Å². The Morgan fingerprint density at radius 1 is 1.19 bits per heavy atom. The van der Waals surface area contributed by atoms with Crippen LogP contribution in [0.4, 0.5) is 11.4 Å². The number of nitrogen functional groups attached to an aromatic ring is 1. The minimum absolute atomic E-state index is 0.0253. The molecule has 2 rings (SSSR count). The molecule has 0 aromatic heterocycles.